The molecule has 1 aliphatic heterocycles. The van der Waals surface area contributed by atoms with Gasteiger partial charge in [-0.2, -0.15) is 0 Å². The number of para-hydroxylation sites is 1. The fourth-order valence-electron chi connectivity index (χ4n) is 11.6. The van der Waals surface area contributed by atoms with Crippen molar-refractivity contribution in [1.82, 2.24) is 4.90 Å². The van der Waals surface area contributed by atoms with E-state index in [-0.39, 0.29) is 64.8 Å². The first-order valence-electron chi connectivity index (χ1n) is 15.4. The lowest BCUT2D eigenvalue weighted by atomic mass is 9.44. The summed E-state index contributed by atoms with van der Waals surface area (Å²) in [6.45, 7) is 4.79. The number of amides is 1. The number of nitrogens with one attached hydrogen (secondary N) is 1. The van der Waals surface area contributed by atoms with Crippen molar-refractivity contribution in [3.05, 3.63) is 29.8 Å². The van der Waals surface area contributed by atoms with Gasteiger partial charge in [0.25, 0.3) is 0 Å². The van der Waals surface area contributed by atoms with Crippen LogP contribution in [0.25, 0.3) is 0 Å². The molecule has 238 valence electrons. The largest absolute Gasteiger partial charge is 0.454 e. The first kappa shape index (κ1) is 31.4. The number of aliphatic hydroxyl groups is 2. The second kappa shape index (κ2) is 10.5. The molecule has 7 rings (SSSR count). The molecule has 3 N–H and O–H groups in total. The minimum absolute atomic E-state index is 0. The van der Waals surface area contributed by atoms with Gasteiger partial charge in [-0.1, -0.05) is 19.1 Å². The quantitative estimate of drug-likeness (QED) is 0.377. The van der Waals surface area contributed by atoms with E-state index in [0.717, 1.165) is 0 Å². The number of nitrogens with zero attached hydrogens (tertiary/aromatic N) is 1. The van der Waals surface area contributed by atoms with Crippen molar-refractivity contribution in [2.45, 2.75) is 87.1 Å². The van der Waals surface area contributed by atoms with Crippen molar-refractivity contribution in [2.75, 3.05) is 39.7 Å². The fourth-order valence-corrected chi connectivity index (χ4v) is 11.6. The highest BCUT2D eigenvalue weighted by molar-refractivity contribution is 8.93. The minimum atomic E-state index is -1.48. The maximum Gasteiger partial charge on any atom is 0.340 e. The molecule has 1 saturated heterocycles. The third kappa shape index (κ3) is 3.67. The Morgan fingerprint density at radius 3 is 2.47 bits per heavy atom. The summed E-state index contributed by atoms with van der Waals surface area (Å²) in [6.07, 6.45) is 1.91. The molecule has 0 radical (unpaired) electrons. The summed E-state index contributed by atoms with van der Waals surface area (Å²) in [7, 11) is 5.05. The number of carbonyl (C=O) groups excluding carboxylic acids is 2. The maximum atomic E-state index is 14.0. The molecule has 43 heavy (non-hydrogen) atoms. The van der Waals surface area contributed by atoms with E-state index in [9.17, 15) is 19.8 Å². The smallest absolute Gasteiger partial charge is 0.340 e. The molecular formula is C32H45BrN2O8. The zero-order chi connectivity index (χ0) is 29.8. The number of esters is 1. The van der Waals surface area contributed by atoms with Gasteiger partial charge in [0.2, 0.25) is 5.91 Å². The minimum Gasteiger partial charge on any atom is -0.454 e. The number of likely N-dealkylation sites (tertiary alicyclic amines) is 1. The van der Waals surface area contributed by atoms with E-state index in [1.807, 2.05) is 0 Å². The van der Waals surface area contributed by atoms with Crippen LogP contribution >= 0.6 is 17.0 Å². The van der Waals surface area contributed by atoms with Crippen LogP contribution in [0.4, 0.5) is 5.69 Å². The van der Waals surface area contributed by atoms with Crippen LogP contribution in [0.15, 0.2) is 24.3 Å². The van der Waals surface area contributed by atoms with Gasteiger partial charge >= 0.3 is 5.97 Å². The van der Waals surface area contributed by atoms with Gasteiger partial charge in [0.1, 0.15) is 16.8 Å². The summed E-state index contributed by atoms with van der Waals surface area (Å²) in [5, 5.41) is 28.4. The predicted molar refractivity (Wildman–Crippen MR) is 162 cm³/mol. The molecule has 6 aliphatic rings. The molecule has 1 aromatic carbocycles. The number of rotatable bonds is 7. The van der Waals surface area contributed by atoms with Crippen molar-refractivity contribution >= 4 is 34.5 Å². The second-order valence-corrected chi connectivity index (χ2v) is 13.7. The number of halogens is 1. The van der Waals surface area contributed by atoms with Gasteiger partial charge in [0.05, 0.1) is 29.6 Å². The van der Waals surface area contributed by atoms with Gasteiger partial charge in [-0.05, 0) is 44.4 Å². The van der Waals surface area contributed by atoms with Crippen LogP contribution in [-0.4, -0.2) is 103 Å². The molecule has 7 bridgehead atoms. The zero-order valence-corrected chi connectivity index (χ0v) is 27.3. The number of hydrogen-bond acceptors (Lipinski definition) is 9. The molecule has 1 amide bonds. The topological polar surface area (TPSA) is 127 Å². The van der Waals surface area contributed by atoms with Gasteiger partial charge in [0.15, 0.2) is 0 Å². The molecule has 3 unspecified atom stereocenters. The van der Waals surface area contributed by atoms with E-state index in [1.54, 1.807) is 45.6 Å². The van der Waals surface area contributed by atoms with E-state index >= 15 is 0 Å². The monoisotopic (exact) mass is 664 g/mol. The average Bonchev–Trinajstić information content (AvgIpc) is 3.39. The van der Waals surface area contributed by atoms with Crippen LogP contribution in [0, 0.1) is 29.1 Å². The van der Waals surface area contributed by atoms with Crippen LogP contribution < -0.4 is 5.32 Å². The normalized spacial score (nSPS) is 47.0. The lowest BCUT2D eigenvalue weighted by Crippen LogP contribution is -2.83. The molecule has 5 saturated carbocycles. The Morgan fingerprint density at radius 1 is 1.07 bits per heavy atom. The van der Waals surface area contributed by atoms with E-state index in [0.29, 0.717) is 56.4 Å². The third-order valence-corrected chi connectivity index (χ3v) is 12.6. The Kier molecular flexibility index (Phi) is 7.64. The Bertz CT molecular complexity index is 1300. The Balaban J connectivity index is 0.00000329. The maximum absolute atomic E-state index is 14.0. The molecule has 1 aromatic rings. The van der Waals surface area contributed by atoms with E-state index in [1.165, 1.54) is 6.92 Å². The highest BCUT2D eigenvalue weighted by Crippen LogP contribution is 2.79. The number of anilines is 1. The number of hydrogen-bond donors (Lipinski definition) is 3. The van der Waals surface area contributed by atoms with Crippen LogP contribution in [-0.2, 0) is 23.7 Å². The van der Waals surface area contributed by atoms with Crippen LogP contribution in [0.1, 0.15) is 56.3 Å². The Hall–Kier alpha value is -1.60. The number of methoxy groups -OCH3 is 3. The van der Waals surface area contributed by atoms with Crippen LogP contribution in [0.5, 0.6) is 0 Å². The molecule has 12 atom stereocenters. The SMILES string of the molecule is Br.CCN1C[C@]2(OC(=O)c3ccccc3NC(C)=O)CC[C@@H](OC)C34[C@@H]1C(C[C@@H]32)[C@@]1(O)C[C@H](OC)C2C[C@@H]4[C@]1(O)[C@H]2OC. The van der Waals surface area contributed by atoms with Crippen LogP contribution in [0.2, 0.25) is 0 Å². The summed E-state index contributed by atoms with van der Waals surface area (Å²) in [4.78, 5) is 28.3. The third-order valence-electron chi connectivity index (χ3n) is 12.6. The molecule has 11 heteroatoms. The first-order valence-corrected chi connectivity index (χ1v) is 15.4. The summed E-state index contributed by atoms with van der Waals surface area (Å²) in [5.74, 6) is -1.54. The van der Waals surface area contributed by atoms with Gasteiger partial charge < -0.3 is 34.5 Å². The van der Waals surface area contributed by atoms with Crippen molar-refractivity contribution in [3.8, 4) is 0 Å². The van der Waals surface area contributed by atoms with Crippen molar-refractivity contribution in [3.63, 3.8) is 0 Å². The van der Waals surface area contributed by atoms with Gasteiger partial charge in [-0.3, -0.25) is 9.69 Å². The molecule has 10 nitrogen and oxygen atoms in total. The number of ether oxygens (including phenoxy) is 4. The standard InChI is InChI=1S/C32H44N2O8.BrH/c1-6-34-16-29(42-28(36)18-9-7-8-10-21(18)33-17(2)35)12-11-25(40-4)31-23(29)14-20(26(31)34)30(37)15-22(39-3)19-13-24(31)32(30,38)27(19)41-5;/h7-10,19-20,22-27,37-38H,6,11-16H2,1-5H3,(H,33,35);1H/t19?,20?,22-,23+,24-,25+,26-,27-,29+,30-,31?,32-;/m0./s1. The number of piperidine rings is 1. The van der Waals surface area contributed by atoms with Crippen molar-refractivity contribution in [1.29, 1.82) is 0 Å². The first-order chi connectivity index (χ1) is 20.1. The van der Waals surface area contributed by atoms with Gasteiger partial charge in [-0.25, -0.2) is 4.79 Å². The molecule has 5 aliphatic carbocycles. The summed E-state index contributed by atoms with van der Waals surface area (Å²) in [6, 6.07) is 6.89. The summed E-state index contributed by atoms with van der Waals surface area (Å²) in [5.41, 5.74) is -3.57. The number of benzene rings is 1. The van der Waals surface area contributed by atoms with Crippen molar-refractivity contribution < 1.29 is 38.7 Å². The molecule has 6 fully saturated rings. The average molecular weight is 666 g/mol. The Morgan fingerprint density at radius 2 is 1.81 bits per heavy atom. The van der Waals surface area contributed by atoms with Crippen LogP contribution in [0.3, 0.4) is 0 Å². The number of carbonyl (C=O) groups is 2. The van der Waals surface area contributed by atoms with E-state index < -0.39 is 34.3 Å². The molecule has 1 spiro atoms. The summed E-state index contributed by atoms with van der Waals surface area (Å²) < 4.78 is 25.1. The lowest BCUT2D eigenvalue weighted by molar-refractivity contribution is -0.337. The predicted octanol–water partition coefficient (Wildman–Crippen LogP) is 2.80. The van der Waals surface area contributed by atoms with Gasteiger partial charge in [-0.15, -0.1) is 17.0 Å². The van der Waals surface area contributed by atoms with Crippen molar-refractivity contribution in [2.24, 2.45) is 29.1 Å². The molecule has 1 heterocycles. The second-order valence-electron chi connectivity index (χ2n) is 13.7. The fraction of sp³-hybridized carbons (Fsp3) is 0.750. The summed E-state index contributed by atoms with van der Waals surface area (Å²) >= 11 is 0. The van der Waals surface area contributed by atoms with Gasteiger partial charge in [0, 0.05) is 76.3 Å². The zero-order valence-electron chi connectivity index (χ0n) is 25.6. The Labute approximate surface area is 263 Å². The van der Waals surface area contributed by atoms with E-state index in [2.05, 4.69) is 17.1 Å². The highest BCUT2D eigenvalue weighted by atomic mass is 79.9. The van der Waals surface area contributed by atoms with E-state index in [4.69, 9.17) is 18.9 Å². The lowest BCUT2D eigenvalue weighted by Gasteiger charge is -2.70. The number of fused-ring (bicyclic) bond motifs is 2. The highest BCUT2D eigenvalue weighted by Gasteiger charge is 2.89. The number of likely N-dealkylation sites (N-methyl/N-ethyl adjacent to an activating group) is 1. The molecular weight excluding hydrogens is 620 g/mol. The molecule has 0 aromatic heterocycles.